The van der Waals surface area contributed by atoms with Crippen molar-refractivity contribution in [1.29, 1.82) is 0 Å². The average molecular weight is 279 g/mol. The summed E-state index contributed by atoms with van der Waals surface area (Å²) in [7, 11) is 0. The smallest absolute Gasteiger partial charge is 0.360 e. The van der Waals surface area contributed by atoms with Crippen molar-refractivity contribution in [1.82, 2.24) is 9.55 Å². The number of imidazole rings is 1. The molecule has 5 nitrogen and oxygen atoms in total. The van der Waals surface area contributed by atoms with Crippen molar-refractivity contribution >= 4 is 11.8 Å². The Labute approximate surface area is 120 Å². The molecule has 20 heavy (non-hydrogen) atoms. The van der Waals surface area contributed by atoms with Gasteiger partial charge in [0.25, 0.3) is 0 Å². The first-order valence-corrected chi connectivity index (χ1v) is 7.66. The van der Waals surface area contributed by atoms with E-state index in [0.29, 0.717) is 18.5 Å². The molecule has 0 aromatic carbocycles. The lowest BCUT2D eigenvalue weighted by Gasteiger charge is -2.29. The largest absolute Gasteiger partial charge is 0.461 e. The number of anilines is 1. The Balaban J connectivity index is 2.02. The minimum Gasteiger partial charge on any atom is -0.461 e. The van der Waals surface area contributed by atoms with Crippen LogP contribution in [-0.4, -0.2) is 22.1 Å². The molecule has 0 amide bonds. The van der Waals surface area contributed by atoms with Crippen molar-refractivity contribution < 1.29 is 9.53 Å². The fourth-order valence-corrected chi connectivity index (χ4v) is 3.14. The van der Waals surface area contributed by atoms with Gasteiger partial charge in [0.15, 0.2) is 5.69 Å². The third-order valence-electron chi connectivity index (χ3n) is 4.21. The normalized spacial score (nSPS) is 22.7. The molecule has 1 aliphatic carbocycles. The number of nitrogen functional groups attached to an aromatic ring is 1. The molecular weight excluding hydrogens is 254 g/mol. The van der Waals surface area contributed by atoms with Crippen LogP contribution < -0.4 is 5.73 Å². The Kier molecular flexibility index (Phi) is 5.04. The summed E-state index contributed by atoms with van der Waals surface area (Å²) in [5, 5.41) is 0. The van der Waals surface area contributed by atoms with Crippen molar-refractivity contribution in [2.24, 2.45) is 5.92 Å². The van der Waals surface area contributed by atoms with Gasteiger partial charge in [-0.1, -0.05) is 19.8 Å². The number of nitrogens with zero attached hydrogens (tertiary/aromatic N) is 2. The van der Waals surface area contributed by atoms with Gasteiger partial charge >= 0.3 is 5.97 Å². The monoisotopic (exact) mass is 279 g/mol. The first kappa shape index (κ1) is 14.9. The lowest BCUT2D eigenvalue weighted by molar-refractivity contribution is 0.0521. The van der Waals surface area contributed by atoms with E-state index in [1.54, 1.807) is 13.3 Å². The van der Waals surface area contributed by atoms with Crippen molar-refractivity contribution in [3.05, 3.63) is 12.0 Å². The van der Waals surface area contributed by atoms with E-state index in [-0.39, 0.29) is 5.69 Å². The molecule has 1 aliphatic rings. The fraction of sp³-hybridized carbons (Fsp3) is 0.733. The number of esters is 1. The standard InChI is InChI=1S/C15H25N3O2/c1-3-5-11-6-8-12(9-7-11)18-10-17-13(14(18)16)15(19)20-4-2/h10-12H,3-9,16H2,1-2H3. The molecule has 0 spiro atoms. The predicted molar refractivity (Wildman–Crippen MR) is 78.5 cm³/mol. The van der Waals surface area contributed by atoms with Crippen molar-refractivity contribution in [2.45, 2.75) is 58.4 Å². The van der Waals surface area contributed by atoms with E-state index in [1.807, 2.05) is 4.57 Å². The van der Waals surface area contributed by atoms with Crippen LogP contribution in [0.2, 0.25) is 0 Å². The summed E-state index contributed by atoms with van der Waals surface area (Å²) in [6, 6.07) is 0.374. The minimum absolute atomic E-state index is 0.252. The molecule has 1 aromatic rings. The summed E-state index contributed by atoms with van der Waals surface area (Å²) in [5.74, 6) is 0.872. The Morgan fingerprint density at radius 3 is 2.70 bits per heavy atom. The molecule has 112 valence electrons. The molecule has 0 bridgehead atoms. The number of ether oxygens (including phenoxy) is 1. The van der Waals surface area contributed by atoms with E-state index in [1.165, 1.54) is 25.7 Å². The van der Waals surface area contributed by atoms with Crippen molar-refractivity contribution in [2.75, 3.05) is 12.3 Å². The van der Waals surface area contributed by atoms with Crippen LogP contribution in [0.1, 0.15) is 68.9 Å². The highest BCUT2D eigenvalue weighted by Crippen LogP contribution is 2.35. The van der Waals surface area contributed by atoms with Gasteiger partial charge in [-0.15, -0.1) is 0 Å². The summed E-state index contributed by atoms with van der Waals surface area (Å²) in [6.07, 6.45) is 8.98. The Bertz CT molecular complexity index is 448. The summed E-state index contributed by atoms with van der Waals surface area (Å²) < 4.78 is 6.92. The zero-order valence-corrected chi connectivity index (χ0v) is 12.5. The lowest BCUT2D eigenvalue weighted by atomic mass is 9.83. The Morgan fingerprint density at radius 1 is 1.40 bits per heavy atom. The highest BCUT2D eigenvalue weighted by Gasteiger charge is 2.25. The molecule has 1 saturated carbocycles. The second kappa shape index (κ2) is 6.77. The molecule has 1 fully saturated rings. The molecule has 1 heterocycles. The van der Waals surface area contributed by atoms with Crippen LogP contribution in [0.5, 0.6) is 0 Å². The van der Waals surface area contributed by atoms with E-state index in [4.69, 9.17) is 10.5 Å². The summed E-state index contributed by atoms with van der Waals surface area (Å²) >= 11 is 0. The fourth-order valence-electron chi connectivity index (χ4n) is 3.14. The van der Waals surface area contributed by atoms with Crippen LogP contribution in [-0.2, 0) is 4.74 Å². The second-order valence-electron chi connectivity index (χ2n) is 5.57. The summed E-state index contributed by atoms with van der Waals surface area (Å²) in [4.78, 5) is 15.8. The molecular formula is C15H25N3O2. The van der Waals surface area contributed by atoms with E-state index in [0.717, 1.165) is 18.8 Å². The van der Waals surface area contributed by atoms with E-state index in [9.17, 15) is 4.79 Å². The molecule has 0 saturated heterocycles. The number of hydrogen-bond donors (Lipinski definition) is 1. The third-order valence-corrected chi connectivity index (χ3v) is 4.21. The van der Waals surface area contributed by atoms with Crippen LogP contribution in [0, 0.1) is 5.92 Å². The van der Waals surface area contributed by atoms with Crippen LogP contribution in [0.25, 0.3) is 0 Å². The van der Waals surface area contributed by atoms with Gasteiger partial charge in [0.05, 0.1) is 12.9 Å². The second-order valence-corrected chi connectivity index (χ2v) is 5.57. The van der Waals surface area contributed by atoms with Gasteiger partial charge in [-0.25, -0.2) is 9.78 Å². The number of rotatable bonds is 5. The molecule has 0 atom stereocenters. The zero-order valence-electron chi connectivity index (χ0n) is 12.5. The molecule has 0 aliphatic heterocycles. The molecule has 2 N–H and O–H groups in total. The zero-order chi connectivity index (χ0) is 14.5. The van der Waals surface area contributed by atoms with Crippen molar-refractivity contribution in [3.8, 4) is 0 Å². The first-order valence-electron chi connectivity index (χ1n) is 7.66. The average Bonchev–Trinajstić information content (AvgIpc) is 2.82. The van der Waals surface area contributed by atoms with E-state index >= 15 is 0 Å². The maximum Gasteiger partial charge on any atom is 0.360 e. The van der Waals surface area contributed by atoms with Gasteiger partial charge in [-0.05, 0) is 38.5 Å². The minimum atomic E-state index is -0.427. The molecule has 5 heteroatoms. The number of hydrogen-bond acceptors (Lipinski definition) is 4. The van der Waals surface area contributed by atoms with Gasteiger partial charge < -0.3 is 15.0 Å². The quantitative estimate of drug-likeness (QED) is 0.840. The SMILES string of the molecule is CCCC1CCC(n2cnc(C(=O)OCC)c2N)CC1. The number of aromatic nitrogens is 2. The van der Waals surface area contributed by atoms with E-state index < -0.39 is 5.97 Å². The Morgan fingerprint density at radius 2 is 2.10 bits per heavy atom. The highest BCUT2D eigenvalue weighted by atomic mass is 16.5. The Hall–Kier alpha value is -1.52. The maximum absolute atomic E-state index is 11.7. The van der Waals surface area contributed by atoms with E-state index in [2.05, 4.69) is 11.9 Å². The maximum atomic E-state index is 11.7. The molecule has 0 radical (unpaired) electrons. The van der Waals surface area contributed by atoms with Crippen LogP contribution in [0.4, 0.5) is 5.82 Å². The molecule has 0 unspecified atom stereocenters. The van der Waals surface area contributed by atoms with Gasteiger partial charge in [0, 0.05) is 6.04 Å². The van der Waals surface area contributed by atoms with Crippen LogP contribution in [0.15, 0.2) is 6.33 Å². The van der Waals surface area contributed by atoms with Crippen LogP contribution in [0.3, 0.4) is 0 Å². The molecule has 2 rings (SSSR count). The van der Waals surface area contributed by atoms with Gasteiger partial charge in [0.1, 0.15) is 5.82 Å². The predicted octanol–water partition coefficient (Wildman–Crippen LogP) is 3.17. The summed E-state index contributed by atoms with van der Waals surface area (Å²) in [6.45, 7) is 4.36. The lowest BCUT2D eigenvalue weighted by Crippen LogP contribution is -2.19. The van der Waals surface area contributed by atoms with Gasteiger partial charge in [-0.2, -0.15) is 0 Å². The number of carbonyl (C=O) groups excluding carboxylic acids is 1. The topological polar surface area (TPSA) is 70.1 Å². The summed E-state index contributed by atoms with van der Waals surface area (Å²) in [5.41, 5.74) is 6.31. The first-order chi connectivity index (χ1) is 9.67. The number of nitrogens with two attached hydrogens (primary N) is 1. The number of carbonyl (C=O) groups is 1. The van der Waals surface area contributed by atoms with Gasteiger partial charge in [-0.3, -0.25) is 0 Å². The highest BCUT2D eigenvalue weighted by molar-refractivity contribution is 5.92. The van der Waals surface area contributed by atoms with Gasteiger partial charge in [0.2, 0.25) is 0 Å². The third kappa shape index (κ3) is 3.14. The van der Waals surface area contributed by atoms with Crippen molar-refractivity contribution in [3.63, 3.8) is 0 Å². The van der Waals surface area contributed by atoms with Crippen LogP contribution >= 0.6 is 0 Å². The molecule has 1 aromatic heterocycles.